The predicted molar refractivity (Wildman–Crippen MR) is 59.0 cm³/mol. The summed E-state index contributed by atoms with van der Waals surface area (Å²) in [5.41, 5.74) is 0. The van der Waals surface area contributed by atoms with Crippen LogP contribution in [0.15, 0.2) is 0 Å². The second kappa shape index (κ2) is 42.8. The number of rotatable bonds is 0. The van der Waals surface area contributed by atoms with E-state index in [1.165, 1.54) is 0 Å². The Morgan fingerprint density at radius 2 is 0.348 bits per heavy atom. The zero-order chi connectivity index (χ0) is 17.9. The topological polar surface area (TPSA) is 394 Å². The van der Waals surface area contributed by atoms with Gasteiger partial charge < -0.3 is 87.6 Å². The maximum absolute atomic E-state index is 8.25. The van der Waals surface area contributed by atoms with Crippen LogP contribution in [0.5, 0.6) is 0 Å². The van der Waals surface area contributed by atoms with Gasteiger partial charge in [-0.1, -0.05) is 0 Å². The molecule has 0 spiro atoms. The fraction of sp³-hybridized carbons (Fsp3) is 0. The van der Waals surface area contributed by atoms with Gasteiger partial charge in [-0.2, -0.15) is 0 Å². The van der Waals surface area contributed by atoms with E-state index >= 15 is 0 Å². The first-order valence-electron chi connectivity index (χ1n) is 2.74. The van der Waals surface area contributed by atoms with Gasteiger partial charge in [-0.15, -0.1) is 0 Å². The summed E-state index contributed by atoms with van der Waals surface area (Å²) in [4.78, 5) is 41.2. The van der Waals surface area contributed by atoms with Crippen LogP contribution in [-0.4, -0.2) is 36.4 Å². The fourth-order valence-electron chi connectivity index (χ4n) is 0. The summed E-state index contributed by atoms with van der Waals surface area (Å²) < 4.78 is 0. The molecule has 0 fully saturated rings. The molecule has 0 aliphatic carbocycles. The third kappa shape index (κ3) is 425. The predicted octanol–water partition coefficient (Wildman–Crippen LogP) is -2.85. The van der Waals surface area contributed by atoms with Gasteiger partial charge in [0.2, 0.25) is 0 Å². The molecular formula is H4N5O17Rh-5. The van der Waals surface area contributed by atoms with Gasteiger partial charge in [-0.25, -0.2) is 0 Å². The molecule has 0 aliphatic heterocycles. The minimum Gasteiger partial charge on any atom is -0.412 e. The van der Waals surface area contributed by atoms with Crippen molar-refractivity contribution in [1.82, 2.24) is 0 Å². The number of hydrogen-bond acceptors (Lipinski definition) is 15. The van der Waals surface area contributed by atoms with Gasteiger partial charge in [-0.3, -0.25) is 0 Å². The second-order valence-corrected chi connectivity index (χ2v) is 1.12. The van der Waals surface area contributed by atoms with Crippen molar-refractivity contribution in [3.63, 3.8) is 0 Å². The van der Waals surface area contributed by atoms with Crippen LogP contribution in [0.3, 0.4) is 0 Å². The Morgan fingerprint density at radius 1 is 0.348 bits per heavy atom. The molecule has 1 radical (unpaired) electrons. The molecule has 0 bridgehead atoms. The standard InChI is InChI=1S/5NO3.2H2O.Rh/c5*2-1(3)4;;;/h;;;;;2*1H2;/q5*-1;;;. The summed E-state index contributed by atoms with van der Waals surface area (Å²) in [6.07, 6.45) is 0. The van der Waals surface area contributed by atoms with Crippen molar-refractivity contribution in [3.05, 3.63) is 76.6 Å². The molecule has 23 heavy (non-hydrogen) atoms. The molecule has 0 amide bonds. The summed E-state index contributed by atoms with van der Waals surface area (Å²) in [6, 6.07) is 0. The molecule has 0 rings (SSSR count). The van der Waals surface area contributed by atoms with Crippen LogP contribution in [0.25, 0.3) is 0 Å². The average molecular weight is 449 g/mol. The third-order valence-corrected chi connectivity index (χ3v) is 0. The SMILES string of the molecule is O.O.O=[N+]([O-])[O-].O=[N+]([O-])[O-].O=[N+]([O-])[O-].O=[N+]([O-])[O-].O=[N+]([O-])[O-].[Rh]. The van der Waals surface area contributed by atoms with E-state index in [1.54, 1.807) is 0 Å². The number of hydrogen-bond donors (Lipinski definition) is 0. The maximum Gasteiger partial charge on any atom is 0.0689 e. The quantitative estimate of drug-likeness (QED) is 0.204. The zero-order valence-corrected chi connectivity index (χ0v) is 11.3. The Hall–Kier alpha value is -3.46. The minimum absolute atomic E-state index is 0. The van der Waals surface area contributed by atoms with Crippen molar-refractivity contribution < 1.29 is 55.9 Å². The van der Waals surface area contributed by atoms with E-state index in [-0.39, 0.29) is 30.4 Å². The zero-order valence-electron chi connectivity index (χ0n) is 9.69. The summed E-state index contributed by atoms with van der Waals surface area (Å²) in [6.45, 7) is 0. The Bertz CT molecular complexity index is 208. The van der Waals surface area contributed by atoms with Gasteiger partial charge in [0, 0.05) is 19.5 Å². The smallest absolute Gasteiger partial charge is 0.0689 e. The third-order valence-electron chi connectivity index (χ3n) is 0. The molecule has 145 valence electrons. The van der Waals surface area contributed by atoms with Crippen molar-refractivity contribution in [2.24, 2.45) is 0 Å². The van der Waals surface area contributed by atoms with Crippen LogP contribution >= 0.6 is 0 Å². The molecule has 23 heteroatoms. The average Bonchev–Trinajstić information content (AvgIpc) is 1.94. The van der Waals surface area contributed by atoms with Crippen molar-refractivity contribution in [2.45, 2.75) is 0 Å². The molecular weight excluding hydrogens is 445 g/mol. The molecule has 0 saturated heterocycles. The molecule has 22 nitrogen and oxygen atoms in total. The fourth-order valence-corrected chi connectivity index (χ4v) is 0. The molecule has 4 N–H and O–H groups in total. The van der Waals surface area contributed by atoms with Crippen LogP contribution in [0.4, 0.5) is 0 Å². The molecule has 0 aromatic rings. The monoisotopic (exact) mass is 449 g/mol. The first-order chi connectivity index (χ1) is 8.66. The minimum atomic E-state index is -1.75. The van der Waals surface area contributed by atoms with E-state index in [2.05, 4.69) is 0 Å². The van der Waals surface area contributed by atoms with E-state index in [0.29, 0.717) is 0 Å². The van der Waals surface area contributed by atoms with Crippen LogP contribution in [0.1, 0.15) is 0 Å². The van der Waals surface area contributed by atoms with E-state index in [0.717, 1.165) is 0 Å². The van der Waals surface area contributed by atoms with Gasteiger partial charge >= 0.3 is 0 Å². The molecule has 0 aliphatic rings. The summed E-state index contributed by atoms with van der Waals surface area (Å²) in [5, 5.41) is 73.8. The van der Waals surface area contributed by atoms with E-state index in [4.69, 9.17) is 76.6 Å². The summed E-state index contributed by atoms with van der Waals surface area (Å²) in [7, 11) is 0. The molecule has 0 aromatic heterocycles. The molecule has 0 heterocycles. The summed E-state index contributed by atoms with van der Waals surface area (Å²) >= 11 is 0. The van der Waals surface area contributed by atoms with Crippen molar-refractivity contribution in [2.75, 3.05) is 0 Å². The first kappa shape index (κ1) is 50.4. The van der Waals surface area contributed by atoms with Gasteiger partial charge in [-0.05, 0) is 0 Å². The molecule has 0 unspecified atom stereocenters. The van der Waals surface area contributed by atoms with Crippen molar-refractivity contribution >= 4 is 0 Å². The maximum atomic E-state index is 8.25. The van der Waals surface area contributed by atoms with Gasteiger partial charge in [0.25, 0.3) is 0 Å². The van der Waals surface area contributed by atoms with Crippen LogP contribution in [0.2, 0.25) is 0 Å². The largest absolute Gasteiger partial charge is 0.412 e. The summed E-state index contributed by atoms with van der Waals surface area (Å²) in [5.74, 6) is 0. The van der Waals surface area contributed by atoms with Gasteiger partial charge in [0.05, 0.1) is 25.4 Å². The van der Waals surface area contributed by atoms with Crippen molar-refractivity contribution in [3.8, 4) is 0 Å². The normalized spacial score (nSPS) is 5.22. The van der Waals surface area contributed by atoms with E-state index in [9.17, 15) is 0 Å². The van der Waals surface area contributed by atoms with Crippen LogP contribution in [-0.2, 0) is 19.5 Å². The Balaban J connectivity index is -0.0000000197. The van der Waals surface area contributed by atoms with Crippen molar-refractivity contribution in [1.29, 1.82) is 0 Å². The van der Waals surface area contributed by atoms with E-state index in [1.807, 2.05) is 0 Å². The second-order valence-electron chi connectivity index (χ2n) is 1.12. The van der Waals surface area contributed by atoms with Gasteiger partial charge in [0.1, 0.15) is 0 Å². The Labute approximate surface area is 133 Å². The Morgan fingerprint density at radius 3 is 0.348 bits per heavy atom. The Kier molecular flexibility index (Phi) is 93.9. The number of nitrogens with zero attached hydrogens (tertiary/aromatic N) is 5. The first-order valence-corrected chi connectivity index (χ1v) is 2.74. The molecule has 0 atom stereocenters. The van der Waals surface area contributed by atoms with Crippen LogP contribution in [0, 0.1) is 76.6 Å². The van der Waals surface area contributed by atoms with Crippen LogP contribution < -0.4 is 0 Å². The van der Waals surface area contributed by atoms with Gasteiger partial charge in [0.15, 0.2) is 0 Å². The molecule has 0 aromatic carbocycles. The molecule has 0 saturated carbocycles. The van der Waals surface area contributed by atoms with E-state index < -0.39 is 25.4 Å².